The van der Waals surface area contributed by atoms with E-state index in [-0.39, 0.29) is 16.6 Å². The second-order valence-corrected chi connectivity index (χ2v) is 4.69. The monoisotopic (exact) mass is 319 g/mol. The Balaban J connectivity index is 2.38. The summed E-state index contributed by atoms with van der Waals surface area (Å²) in [5.74, 6) is -10.4. The Morgan fingerprint density at radius 3 is 2.38 bits per heavy atom. The van der Waals surface area contributed by atoms with E-state index < -0.39 is 40.7 Å². The zero-order chi connectivity index (χ0) is 15.7. The largest absolute Gasteiger partial charge is 0.477 e. The Morgan fingerprint density at radius 2 is 1.76 bits per heavy atom. The van der Waals surface area contributed by atoms with Crippen LogP contribution in [-0.4, -0.2) is 17.0 Å². The number of amides is 1. The van der Waals surface area contributed by atoms with Crippen LogP contribution < -0.4 is 5.32 Å². The molecule has 110 valence electrons. The van der Waals surface area contributed by atoms with Crippen molar-refractivity contribution in [3.05, 3.63) is 51.2 Å². The van der Waals surface area contributed by atoms with Crippen molar-refractivity contribution in [1.82, 2.24) is 0 Å². The summed E-state index contributed by atoms with van der Waals surface area (Å²) in [6, 6.07) is 1.41. The molecule has 2 aromatic rings. The van der Waals surface area contributed by atoms with E-state index in [9.17, 15) is 27.2 Å². The molecule has 2 rings (SSSR count). The third-order valence-corrected chi connectivity index (χ3v) is 3.36. The van der Waals surface area contributed by atoms with E-state index in [1.165, 1.54) is 11.4 Å². The van der Waals surface area contributed by atoms with Gasteiger partial charge >= 0.3 is 5.97 Å². The molecule has 1 aromatic heterocycles. The maximum atomic E-state index is 13.4. The van der Waals surface area contributed by atoms with Gasteiger partial charge in [-0.3, -0.25) is 4.79 Å². The molecule has 0 saturated carbocycles. The minimum Gasteiger partial charge on any atom is -0.477 e. The van der Waals surface area contributed by atoms with Crippen LogP contribution in [0, 0.1) is 23.3 Å². The Hall–Kier alpha value is -2.42. The van der Waals surface area contributed by atoms with E-state index in [0.717, 1.165) is 11.3 Å². The van der Waals surface area contributed by atoms with Gasteiger partial charge in [0.25, 0.3) is 5.91 Å². The van der Waals surface area contributed by atoms with Crippen LogP contribution in [0.25, 0.3) is 0 Å². The third-order valence-electron chi connectivity index (χ3n) is 2.45. The van der Waals surface area contributed by atoms with Gasteiger partial charge in [0.05, 0.1) is 11.3 Å². The SMILES string of the molecule is O=C(Nc1ccsc1C(=O)O)c1cc(F)c(F)c(F)c1F. The predicted molar refractivity (Wildman–Crippen MR) is 65.5 cm³/mol. The average molecular weight is 319 g/mol. The normalized spacial score (nSPS) is 10.5. The van der Waals surface area contributed by atoms with E-state index in [4.69, 9.17) is 5.11 Å². The van der Waals surface area contributed by atoms with Crippen LogP contribution in [0.2, 0.25) is 0 Å². The number of carbonyl (C=O) groups excluding carboxylic acids is 1. The lowest BCUT2D eigenvalue weighted by Gasteiger charge is -2.07. The van der Waals surface area contributed by atoms with Gasteiger partial charge in [0.1, 0.15) is 4.88 Å². The van der Waals surface area contributed by atoms with Crippen molar-refractivity contribution in [1.29, 1.82) is 0 Å². The maximum Gasteiger partial charge on any atom is 0.348 e. The first-order valence-corrected chi connectivity index (χ1v) is 6.16. The molecule has 0 saturated heterocycles. The molecular weight excluding hydrogens is 314 g/mol. The molecule has 0 radical (unpaired) electrons. The summed E-state index contributed by atoms with van der Waals surface area (Å²) >= 11 is 0.792. The van der Waals surface area contributed by atoms with Gasteiger partial charge in [0, 0.05) is 0 Å². The van der Waals surface area contributed by atoms with Crippen LogP contribution in [0.1, 0.15) is 20.0 Å². The van der Waals surface area contributed by atoms with Crippen molar-refractivity contribution in [2.24, 2.45) is 0 Å². The van der Waals surface area contributed by atoms with E-state index in [1.54, 1.807) is 0 Å². The molecule has 1 amide bonds. The minimum atomic E-state index is -2.12. The molecule has 0 aliphatic heterocycles. The van der Waals surface area contributed by atoms with Gasteiger partial charge in [-0.1, -0.05) is 0 Å². The lowest BCUT2D eigenvalue weighted by Crippen LogP contribution is -2.17. The first-order valence-electron chi connectivity index (χ1n) is 5.28. The molecule has 1 heterocycles. The van der Waals surface area contributed by atoms with Crippen molar-refractivity contribution in [2.75, 3.05) is 5.32 Å². The van der Waals surface area contributed by atoms with Crippen LogP contribution in [0.4, 0.5) is 23.2 Å². The second kappa shape index (κ2) is 5.52. The molecular formula is C12H5F4NO3S. The number of aromatic carboxylic acids is 1. The van der Waals surface area contributed by atoms with Crippen LogP contribution >= 0.6 is 11.3 Å². The fraction of sp³-hybridized carbons (Fsp3) is 0. The van der Waals surface area contributed by atoms with Crippen molar-refractivity contribution in [3.63, 3.8) is 0 Å². The van der Waals surface area contributed by atoms with Gasteiger partial charge in [-0.25, -0.2) is 22.4 Å². The number of rotatable bonds is 3. The quantitative estimate of drug-likeness (QED) is 0.518. The Morgan fingerprint density at radius 1 is 1.10 bits per heavy atom. The number of benzene rings is 1. The number of carboxylic acids is 1. The van der Waals surface area contributed by atoms with E-state index in [1.807, 2.05) is 5.32 Å². The number of hydrogen-bond acceptors (Lipinski definition) is 3. The smallest absolute Gasteiger partial charge is 0.348 e. The fourth-order valence-corrected chi connectivity index (χ4v) is 2.19. The highest BCUT2D eigenvalue weighted by Crippen LogP contribution is 2.24. The van der Waals surface area contributed by atoms with E-state index in [2.05, 4.69) is 0 Å². The van der Waals surface area contributed by atoms with Crippen molar-refractivity contribution in [3.8, 4) is 0 Å². The molecule has 0 spiro atoms. The second-order valence-electron chi connectivity index (χ2n) is 3.77. The number of carboxylic acid groups (broad SMARTS) is 1. The number of halogens is 4. The Kier molecular flexibility index (Phi) is 3.94. The Bertz CT molecular complexity index is 744. The van der Waals surface area contributed by atoms with Gasteiger partial charge < -0.3 is 10.4 Å². The van der Waals surface area contributed by atoms with Gasteiger partial charge in [0.2, 0.25) is 0 Å². The molecule has 0 bridgehead atoms. The highest BCUT2D eigenvalue weighted by atomic mass is 32.1. The van der Waals surface area contributed by atoms with Crippen LogP contribution in [0.15, 0.2) is 17.5 Å². The summed E-state index contributed by atoms with van der Waals surface area (Å²) in [4.78, 5) is 22.3. The van der Waals surface area contributed by atoms with Crippen LogP contribution in [0.3, 0.4) is 0 Å². The standard InChI is InChI=1S/C12H5F4NO3S/c13-5-3-4(7(14)9(16)8(5)15)11(18)17-6-1-2-21-10(6)12(19)20/h1-3H,(H,17,18)(H,19,20). The summed E-state index contributed by atoms with van der Waals surface area (Å²) in [5, 5.41) is 12.2. The lowest BCUT2D eigenvalue weighted by molar-refractivity contribution is 0.0703. The molecule has 4 nitrogen and oxygen atoms in total. The molecule has 1 aromatic carbocycles. The molecule has 0 aliphatic carbocycles. The molecule has 2 N–H and O–H groups in total. The maximum absolute atomic E-state index is 13.4. The zero-order valence-corrected chi connectivity index (χ0v) is 10.7. The van der Waals surface area contributed by atoms with Gasteiger partial charge in [-0.15, -0.1) is 11.3 Å². The summed E-state index contributed by atoms with van der Waals surface area (Å²) < 4.78 is 52.3. The van der Waals surface area contributed by atoms with E-state index >= 15 is 0 Å². The highest BCUT2D eigenvalue weighted by Gasteiger charge is 2.24. The number of carbonyl (C=O) groups is 2. The van der Waals surface area contributed by atoms with Gasteiger partial charge in [-0.05, 0) is 17.5 Å². The number of hydrogen-bond donors (Lipinski definition) is 2. The first kappa shape index (κ1) is 15.0. The predicted octanol–water partition coefficient (Wildman–Crippen LogP) is 3.25. The Labute approximate surface area is 118 Å². The van der Waals surface area contributed by atoms with Crippen molar-refractivity contribution in [2.45, 2.75) is 0 Å². The molecule has 0 unspecified atom stereocenters. The minimum absolute atomic E-state index is 0.165. The summed E-state index contributed by atoms with van der Waals surface area (Å²) in [6.45, 7) is 0. The first-order chi connectivity index (χ1) is 9.82. The topological polar surface area (TPSA) is 66.4 Å². The molecule has 9 heteroatoms. The summed E-state index contributed by atoms with van der Waals surface area (Å²) in [6.07, 6.45) is 0. The lowest BCUT2D eigenvalue weighted by atomic mass is 10.1. The molecule has 0 fully saturated rings. The number of nitrogens with one attached hydrogen (secondary N) is 1. The van der Waals surface area contributed by atoms with E-state index in [0.29, 0.717) is 0 Å². The molecule has 0 atom stereocenters. The van der Waals surface area contributed by atoms with Gasteiger partial charge in [-0.2, -0.15) is 0 Å². The molecule has 0 aliphatic rings. The van der Waals surface area contributed by atoms with Gasteiger partial charge in [0.15, 0.2) is 23.3 Å². The summed E-state index contributed by atoms with van der Waals surface area (Å²) in [7, 11) is 0. The van der Waals surface area contributed by atoms with Crippen molar-refractivity contribution < 1.29 is 32.3 Å². The van der Waals surface area contributed by atoms with Crippen molar-refractivity contribution >= 4 is 28.9 Å². The average Bonchev–Trinajstić information content (AvgIpc) is 2.88. The number of thiophene rings is 1. The number of anilines is 1. The van der Waals surface area contributed by atoms with Crippen LogP contribution in [-0.2, 0) is 0 Å². The third kappa shape index (κ3) is 2.72. The fourth-order valence-electron chi connectivity index (χ4n) is 1.50. The zero-order valence-electron chi connectivity index (χ0n) is 9.92. The molecule has 21 heavy (non-hydrogen) atoms. The highest BCUT2D eigenvalue weighted by molar-refractivity contribution is 7.12. The van der Waals surface area contributed by atoms with Crippen LogP contribution in [0.5, 0.6) is 0 Å². The summed E-state index contributed by atoms with van der Waals surface area (Å²) in [5.41, 5.74) is -1.24.